The lowest BCUT2D eigenvalue weighted by atomic mass is 10.0. The lowest BCUT2D eigenvalue weighted by Gasteiger charge is -2.32. The van der Waals surface area contributed by atoms with E-state index >= 15 is 0 Å². The standard InChI is InChI=1S/C33H48N6O3/c1-35(2)28-14-21-37(26-28)18-9-20-39-25-24-38(33(39)41)19-8-17-36-22-15-29(16-23-36)42-32(40)34-31-13-7-6-12-30(31)27-10-4-3-5-11-27/h3-7,10-13,28-29H,8-9,14-26H2,1-2H3,(H,34,40). The van der Waals surface area contributed by atoms with Crippen LogP contribution in [0.2, 0.25) is 0 Å². The number of carbonyl (C=O) groups is 2. The summed E-state index contributed by atoms with van der Waals surface area (Å²) in [5, 5.41) is 2.95. The van der Waals surface area contributed by atoms with Crippen LogP contribution in [-0.2, 0) is 4.74 Å². The van der Waals surface area contributed by atoms with E-state index in [0.29, 0.717) is 6.04 Å². The van der Waals surface area contributed by atoms with Gasteiger partial charge in [-0.15, -0.1) is 0 Å². The first-order valence-electron chi connectivity index (χ1n) is 15.7. The molecule has 3 saturated heterocycles. The molecule has 0 aliphatic carbocycles. The van der Waals surface area contributed by atoms with E-state index in [2.05, 4.69) is 34.1 Å². The van der Waals surface area contributed by atoms with Gasteiger partial charge in [0.05, 0.1) is 5.69 Å². The highest BCUT2D eigenvalue weighted by Gasteiger charge is 2.29. The molecule has 1 N–H and O–H groups in total. The molecule has 0 saturated carbocycles. The Hall–Kier alpha value is -3.14. The summed E-state index contributed by atoms with van der Waals surface area (Å²) in [6, 6.07) is 18.7. The molecule has 1 atom stereocenters. The second-order valence-electron chi connectivity index (χ2n) is 12.2. The number of para-hydroxylation sites is 1. The van der Waals surface area contributed by atoms with Crippen LogP contribution in [0, 0.1) is 0 Å². The maximum atomic E-state index is 12.9. The number of urea groups is 1. The number of piperidine rings is 1. The summed E-state index contributed by atoms with van der Waals surface area (Å²) in [5.74, 6) is 0. The number of hydrogen-bond acceptors (Lipinski definition) is 6. The summed E-state index contributed by atoms with van der Waals surface area (Å²) in [7, 11) is 4.33. The van der Waals surface area contributed by atoms with E-state index in [1.165, 1.54) is 13.0 Å². The van der Waals surface area contributed by atoms with Crippen LogP contribution in [0.15, 0.2) is 54.6 Å². The van der Waals surface area contributed by atoms with Crippen molar-refractivity contribution < 1.29 is 14.3 Å². The SMILES string of the molecule is CN(C)C1CCN(CCCN2CCN(CCCN3CCC(OC(=O)Nc4ccccc4-c4ccccc4)CC3)C2=O)C1. The van der Waals surface area contributed by atoms with E-state index in [0.717, 1.165) is 101 Å². The van der Waals surface area contributed by atoms with Gasteiger partial charge in [-0.2, -0.15) is 0 Å². The van der Waals surface area contributed by atoms with Gasteiger partial charge in [0.2, 0.25) is 0 Å². The molecule has 42 heavy (non-hydrogen) atoms. The van der Waals surface area contributed by atoms with Crippen molar-refractivity contribution in [3.05, 3.63) is 54.6 Å². The zero-order valence-electron chi connectivity index (χ0n) is 25.4. The molecule has 3 amide bonds. The Kier molecular flexibility index (Phi) is 10.7. The van der Waals surface area contributed by atoms with Gasteiger partial charge in [-0.05, 0) is 77.5 Å². The molecule has 0 bridgehead atoms. The Morgan fingerprint density at radius 1 is 0.810 bits per heavy atom. The van der Waals surface area contributed by atoms with Crippen LogP contribution in [0.3, 0.4) is 0 Å². The Morgan fingerprint density at radius 2 is 1.43 bits per heavy atom. The molecular formula is C33H48N6O3. The van der Waals surface area contributed by atoms with Crippen molar-refractivity contribution in [2.75, 3.05) is 84.9 Å². The number of likely N-dealkylation sites (N-methyl/N-ethyl adjacent to an activating group) is 1. The molecule has 1 unspecified atom stereocenters. The number of nitrogens with one attached hydrogen (secondary N) is 1. The quantitative estimate of drug-likeness (QED) is 0.401. The van der Waals surface area contributed by atoms with Gasteiger partial charge in [0.1, 0.15) is 6.10 Å². The highest BCUT2D eigenvalue weighted by molar-refractivity contribution is 5.91. The van der Waals surface area contributed by atoms with Gasteiger partial charge >= 0.3 is 12.1 Å². The number of likely N-dealkylation sites (tertiary alicyclic amines) is 2. The van der Waals surface area contributed by atoms with Gasteiger partial charge in [-0.1, -0.05) is 48.5 Å². The summed E-state index contributed by atoms with van der Waals surface area (Å²) in [6.07, 6.45) is 4.46. The first-order valence-corrected chi connectivity index (χ1v) is 15.7. The molecule has 0 spiro atoms. The summed E-state index contributed by atoms with van der Waals surface area (Å²) < 4.78 is 5.79. The summed E-state index contributed by atoms with van der Waals surface area (Å²) >= 11 is 0. The van der Waals surface area contributed by atoms with Gasteiger partial charge < -0.3 is 29.2 Å². The van der Waals surface area contributed by atoms with Crippen LogP contribution in [0.4, 0.5) is 15.3 Å². The second kappa shape index (κ2) is 14.8. The molecule has 9 heteroatoms. The minimum Gasteiger partial charge on any atom is -0.446 e. The zero-order chi connectivity index (χ0) is 29.3. The van der Waals surface area contributed by atoms with Crippen LogP contribution < -0.4 is 5.32 Å². The number of anilines is 1. The molecule has 0 aromatic heterocycles. The number of ether oxygens (including phenoxy) is 1. The van der Waals surface area contributed by atoms with E-state index in [-0.39, 0.29) is 12.1 Å². The first-order chi connectivity index (χ1) is 20.5. The first kappa shape index (κ1) is 30.3. The maximum Gasteiger partial charge on any atom is 0.411 e. The van der Waals surface area contributed by atoms with E-state index in [9.17, 15) is 9.59 Å². The van der Waals surface area contributed by atoms with Crippen molar-refractivity contribution in [1.82, 2.24) is 24.5 Å². The Bertz CT molecular complexity index is 1150. The van der Waals surface area contributed by atoms with Gasteiger partial charge in [-0.3, -0.25) is 5.32 Å². The normalized spacial score (nSPS) is 20.5. The van der Waals surface area contributed by atoms with Crippen molar-refractivity contribution in [3.8, 4) is 11.1 Å². The van der Waals surface area contributed by atoms with E-state index in [4.69, 9.17) is 4.74 Å². The fourth-order valence-electron chi connectivity index (χ4n) is 6.46. The topological polar surface area (TPSA) is 71.6 Å². The number of hydrogen-bond donors (Lipinski definition) is 1. The zero-order valence-corrected chi connectivity index (χ0v) is 25.4. The second-order valence-corrected chi connectivity index (χ2v) is 12.2. The van der Waals surface area contributed by atoms with Crippen molar-refractivity contribution in [1.29, 1.82) is 0 Å². The highest BCUT2D eigenvalue weighted by Crippen LogP contribution is 2.28. The monoisotopic (exact) mass is 576 g/mol. The fourth-order valence-corrected chi connectivity index (χ4v) is 6.46. The molecule has 3 aliphatic heterocycles. The van der Waals surface area contributed by atoms with Crippen LogP contribution in [0.1, 0.15) is 32.1 Å². The number of rotatable bonds is 12. The average Bonchev–Trinajstić information content (AvgIpc) is 3.62. The highest BCUT2D eigenvalue weighted by atomic mass is 16.6. The third-order valence-electron chi connectivity index (χ3n) is 9.02. The molecule has 0 radical (unpaired) electrons. The number of nitrogens with zero attached hydrogens (tertiary/aromatic N) is 5. The third kappa shape index (κ3) is 8.24. The number of benzene rings is 2. The van der Waals surface area contributed by atoms with Crippen molar-refractivity contribution >= 4 is 17.8 Å². The van der Waals surface area contributed by atoms with E-state index in [1.54, 1.807) is 0 Å². The van der Waals surface area contributed by atoms with Crippen molar-refractivity contribution in [2.45, 2.75) is 44.2 Å². The molecule has 5 rings (SSSR count). The molecule has 3 heterocycles. The third-order valence-corrected chi connectivity index (χ3v) is 9.02. The maximum absolute atomic E-state index is 12.9. The molecule has 9 nitrogen and oxygen atoms in total. The van der Waals surface area contributed by atoms with Crippen LogP contribution >= 0.6 is 0 Å². The molecule has 2 aromatic rings. The van der Waals surface area contributed by atoms with Crippen molar-refractivity contribution in [3.63, 3.8) is 0 Å². The molecule has 3 fully saturated rings. The summed E-state index contributed by atoms with van der Waals surface area (Å²) in [6.45, 7) is 9.53. The molecule has 228 valence electrons. The Morgan fingerprint density at radius 3 is 2.10 bits per heavy atom. The Labute approximate surface area is 251 Å². The largest absolute Gasteiger partial charge is 0.446 e. The van der Waals surface area contributed by atoms with Gasteiger partial charge in [0.25, 0.3) is 0 Å². The van der Waals surface area contributed by atoms with Crippen LogP contribution in [0.25, 0.3) is 11.1 Å². The fraction of sp³-hybridized carbons (Fsp3) is 0.576. The summed E-state index contributed by atoms with van der Waals surface area (Å²) in [5.41, 5.74) is 2.79. The minimum absolute atomic E-state index is 0.0758. The number of carbonyl (C=O) groups excluding carboxylic acids is 2. The predicted octanol–water partition coefficient (Wildman–Crippen LogP) is 4.52. The molecule has 3 aliphatic rings. The molecular weight excluding hydrogens is 528 g/mol. The van der Waals surface area contributed by atoms with Crippen LogP contribution in [-0.4, -0.2) is 128 Å². The van der Waals surface area contributed by atoms with Crippen molar-refractivity contribution in [2.24, 2.45) is 0 Å². The van der Waals surface area contributed by atoms with E-state index < -0.39 is 6.09 Å². The Balaban J connectivity index is 0.952. The minimum atomic E-state index is -0.396. The molecule has 2 aromatic carbocycles. The number of amides is 3. The predicted molar refractivity (Wildman–Crippen MR) is 168 cm³/mol. The lowest BCUT2D eigenvalue weighted by Crippen LogP contribution is -2.40. The van der Waals surface area contributed by atoms with Gasteiger partial charge in [-0.25, -0.2) is 9.59 Å². The van der Waals surface area contributed by atoms with Crippen LogP contribution in [0.5, 0.6) is 0 Å². The van der Waals surface area contributed by atoms with E-state index in [1.807, 2.05) is 64.4 Å². The van der Waals surface area contributed by atoms with Gasteiger partial charge in [0.15, 0.2) is 0 Å². The van der Waals surface area contributed by atoms with Gasteiger partial charge in [0, 0.05) is 57.4 Å². The smallest absolute Gasteiger partial charge is 0.411 e. The summed E-state index contributed by atoms with van der Waals surface area (Å²) in [4.78, 5) is 36.9. The average molecular weight is 577 g/mol. The lowest BCUT2D eigenvalue weighted by molar-refractivity contribution is 0.0581.